The molecule has 5 atom stereocenters. The van der Waals surface area contributed by atoms with Crippen molar-refractivity contribution in [3.8, 4) is 0 Å². The summed E-state index contributed by atoms with van der Waals surface area (Å²) in [7, 11) is 1.42. The molecule has 1 fully saturated rings. The van der Waals surface area contributed by atoms with Gasteiger partial charge in [-0.15, -0.1) is 0 Å². The van der Waals surface area contributed by atoms with Gasteiger partial charge in [0, 0.05) is 40.7 Å². The van der Waals surface area contributed by atoms with E-state index in [0.717, 1.165) is 0 Å². The van der Waals surface area contributed by atoms with Crippen LogP contribution in [0.5, 0.6) is 0 Å². The van der Waals surface area contributed by atoms with Crippen molar-refractivity contribution in [3.05, 3.63) is 0 Å². The van der Waals surface area contributed by atoms with Crippen LogP contribution in [0.25, 0.3) is 0 Å². The van der Waals surface area contributed by atoms with Crippen LogP contribution in [0.1, 0.15) is 34.1 Å². The molecular weight excluding hydrogens is 336 g/mol. The smallest absolute Gasteiger partial charge is 0.303 e. The molecule has 9 nitrogen and oxygen atoms in total. The van der Waals surface area contributed by atoms with Gasteiger partial charge in [-0.3, -0.25) is 19.2 Å². The van der Waals surface area contributed by atoms with E-state index in [1.54, 1.807) is 0 Å². The van der Waals surface area contributed by atoms with Crippen molar-refractivity contribution < 1.29 is 42.9 Å². The first kappa shape index (κ1) is 20.9. The molecule has 0 amide bonds. The Bertz CT molecular complexity index is 516. The number of rotatable bonds is 6. The normalized spacial score (nSPS) is 28.6. The highest BCUT2D eigenvalue weighted by molar-refractivity contribution is 5.68. The minimum atomic E-state index is -1.08. The van der Waals surface area contributed by atoms with Crippen LogP contribution in [0.15, 0.2) is 0 Å². The van der Waals surface area contributed by atoms with Gasteiger partial charge in [0.05, 0.1) is 12.7 Å². The summed E-state index contributed by atoms with van der Waals surface area (Å²) in [6.45, 7) is 4.80. The van der Waals surface area contributed by atoms with Gasteiger partial charge >= 0.3 is 23.9 Å². The molecule has 1 aliphatic rings. The fourth-order valence-corrected chi connectivity index (χ4v) is 2.87. The molecule has 0 unspecified atom stereocenters. The highest BCUT2D eigenvalue weighted by Crippen LogP contribution is 2.34. The average Bonchev–Trinajstić information content (AvgIpc) is 2.48. The predicted molar refractivity (Wildman–Crippen MR) is 82.2 cm³/mol. The first-order valence-corrected chi connectivity index (χ1v) is 7.83. The van der Waals surface area contributed by atoms with Gasteiger partial charge in [0.15, 0.2) is 12.2 Å². The zero-order chi connectivity index (χ0) is 19.1. The molecule has 0 radical (unpaired) electrons. The summed E-state index contributed by atoms with van der Waals surface area (Å²) in [5.41, 5.74) is 0. The first-order chi connectivity index (χ1) is 11.6. The maximum Gasteiger partial charge on any atom is 0.303 e. The number of ether oxygens (including phenoxy) is 5. The largest absolute Gasteiger partial charge is 0.465 e. The Kier molecular flexibility index (Phi) is 7.82. The van der Waals surface area contributed by atoms with E-state index in [-0.39, 0.29) is 13.0 Å². The third-order valence-corrected chi connectivity index (χ3v) is 3.72. The highest BCUT2D eigenvalue weighted by atomic mass is 16.6. The van der Waals surface area contributed by atoms with Crippen molar-refractivity contribution in [2.45, 2.75) is 58.5 Å². The van der Waals surface area contributed by atoms with Crippen molar-refractivity contribution in [1.29, 1.82) is 0 Å². The Morgan fingerprint density at radius 3 is 1.68 bits per heavy atom. The van der Waals surface area contributed by atoms with Gasteiger partial charge in [0.2, 0.25) is 0 Å². The lowest BCUT2D eigenvalue weighted by atomic mass is 9.80. The fourth-order valence-electron chi connectivity index (χ4n) is 2.87. The van der Waals surface area contributed by atoms with E-state index in [1.165, 1.54) is 34.8 Å². The molecule has 0 aromatic rings. The molecule has 1 rings (SSSR count). The Morgan fingerprint density at radius 2 is 1.24 bits per heavy atom. The fraction of sp³-hybridized carbons (Fsp3) is 0.750. The quantitative estimate of drug-likeness (QED) is 0.490. The monoisotopic (exact) mass is 360 g/mol. The summed E-state index contributed by atoms with van der Waals surface area (Å²) in [6, 6.07) is 0. The van der Waals surface area contributed by atoms with Gasteiger partial charge in [0.1, 0.15) is 6.10 Å². The van der Waals surface area contributed by atoms with Crippen molar-refractivity contribution in [2.75, 3.05) is 13.7 Å². The van der Waals surface area contributed by atoms with Gasteiger partial charge in [-0.1, -0.05) is 0 Å². The third-order valence-electron chi connectivity index (χ3n) is 3.72. The third kappa shape index (κ3) is 6.33. The zero-order valence-corrected chi connectivity index (χ0v) is 15.0. The standard InChI is InChI=1S/C16H24O9/c1-8(17)22-7-12-6-13(21-5)15(24-10(3)19)16(25-11(4)20)14(12)23-9(2)18/h12-16H,6-7H2,1-5H3/t12-,13+,14-,15-,16+/m1/s1. The van der Waals surface area contributed by atoms with Crippen LogP contribution in [0.4, 0.5) is 0 Å². The minimum absolute atomic E-state index is 0.0578. The Balaban J connectivity index is 3.18. The van der Waals surface area contributed by atoms with Gasteiger partial charge < -0.3 is 23.7 Å². The molecule has 1 saturated carbocycles. The van der Waals surface area contributed by atoms with Crippen LogP contribution >= 0.6 is 0 Å². The second-order valence-electron chi connectivity index (χ2n) is 5.79. The second kappa shape index (κ2) is 9.36. The van der Waals surface area contributed by atoms with Crippen LogP contribution in [0.2, 0.25) is 0 Å². The molecule has 9 heteroatoms. The number of hydrogen-bond acceptors (Lipinski definition) is 9. The van der Waals surface area contributed by atoms with Crippen LogP contribution < -0.4 is 0 Å². The van der Waals surface area contributed by atoms with E-state index in [0.29, 0.717) is 0 Å². The lowest BCUT2D eigenvalue weighted by Gasteiger charge is -2.43. The molecule has 0 N–H and O–H groups in total. The molecule has 0 aromatic carbocycles. The predicted octanol–water partition coefficient (Wildman–Crippen LogP) is 0.380. The summed E-state index contributed by atoms with van der Waals surface area (Å²) >= 11 is 0. The molecule has 1 aliphatic carbocycles. The molecule has 0 saturated heterocycles. The van der Waals surface area contributed by atoms with Crippen LogP contribution in [-0.4, -0.2) is 62.0 Å². The van der Waals surface area contributed by atoms with Gasteiger partial charge in [0.25, 0.3) is 0 Å². The maximum absolute atomic E-state index is 11.5. The van der Waals surface area contributed by atoms with E-state index in [1.807, 2.05) is 0 Å². The van der Waals surface area contributed by atoms with E-state index in [4.69, 9.17) is 23.7 Å². The highest BCUT2D eigenvalue weighted by Gasteiger charge is 2.51. The van der Waals surface area contributed by atoms with Gasteiger partial charge in [-0.2, -0.15) is 0 Å². The van der Waals surface area contributed by atoms with E-state index in [9.17, 15) is 19.2 Å². The van der Waals surface area contributed by atoms with Crippen molar-refractivity contribution in [3.63, 3.8) is 0 Å². The van der Waals surface area contributed by atoms with E-state index in [2.05, 4.69) is 0 Å². The zero-order valence-electron chi connectivity index (χ0n) is 15.0. The molecular formula is C16H24O9. The SMILES string of the molecule is CO[C@H]1C[C@H](COC(C)=O)[C@@H](OC(C)=O)[C@H](OC(C)=O)[C@@H]1OC(C)=O. The van der Waals surface area contributed by atoms with Gasteiger partial charge in [-0.05, 0) is 6.42 Å². The lowest BCUT2D eigenvalue weighted by Crippen LogP contribution is -2.59. The Hall–Kier alpha value is -2.16. The van der Waals surface area contributed by atoms with Crippen LogP contribution in [-0.2, 0) is 42.9 Å². The minimum Gasteiger partial charge on any atom is -0.465 e. The van der Waals surface area contributed by atoms with Crippen molar-refractivity contribution in [2.24, 2.45) is 5.92 Å². The number of carbonyl (C=O) groups is 4. The molecule has 0 aliphatic heterocycles. The maximum atomic E-state index is 11.5. The van der Waals surface area contributed by atoms with E-state index >= 15 is 0 Å². The summed E-state index contributed by atoms with van der Waals surface area (Å²) in [4.78, 5) is 45.6. The summed E-state index contributed by atoms with van der Waals surface area (Å²) in [5.74, 6) is -2.82. The molecule has 25 heavy (non-hydrogen) atoms. The van der Waals surface area contributed by atoms with Crippen LogP contribution in [0.3, 0.4) is 0 Å². The molecule has 0 heterocycles. The summed E-state index contributed by atoms with van der Waals surface area (Å²) in [5, 5.41) is 0. The van der Waals surface area contributed by atoms with E-state index < -0.39 is 54.2 Å². The molecule has 0 bridgehead atoms. The number of esters is 4. The Labute approximate surface area is 145 Å². The molecule has 0 spiro atoms. The van der Waals surface area contributed by atoms with Crippen molar-refractivity contribution in [1.82, 2.24) is 0 Å². The number of hydrogen-bond donors (Lipinski definition) is 0. The molecule has 0 aromatic heterocycles. The second-order valence-corrected chi connectivity index (χ2v) is 5.79. The van der Waals surface area contributed by atoms with Crippen molar-refractivity contribution >= 4 is 23.9 Å². The van der Waals surface area contributed by atoms with Gasteiger partial charge in [-0.25, -0.2) is 0 Å². The number of carbonyl (C=O) groups excluding carboxylic acids is 4. The van der Waals surface area contributed by atoms with Crippen LogP contribution in [0, 0.1) is 5.92 Å². The topological polar surface area (TPSA) is 114 Å². The average molecular weight is 360 g/mol. The lowest BCUT2D eigenvalue weighted by molar-refractivity contribution is -0.218. The number of methoxy groups -OCH3 is 1. The first-order valence-electron chi connectivity index (χ1n) is 7.83. The summed E-state index contributed by atoms with van der Waals surface area (Å²) < 4.78 is 26.2. The Morgan fingerprint density at radius 1 is 0.760 bits per heavy atom. The molecule has 142 valence electrons. The summed E-state index contributed by atoms with van der Waals surface area (Å²) in [6.07, 6.45) is -3.33.